The number of amides is 2. The summed E-state index contributed by atoms with van der Waals surface area (Å²) in [7, 11) is 3.20. The quantitative estimate of drug-likeness (QED) is 0.0119. The van der Waals surface area contributed by atoms with E-state index in [-0.39, 0.29) is 67.8 Å². The van der Waals surface area contributed by atoms with Gasteiger partial charge in [-0.25, -0.2) is 24.1 Å². The molecule has 0 spiro atoms. The van der Waals surface area contributed by atoms with Crippen LogP contribution >= 0.6 is 22.6 Å². The van der Waals surface area contributed by atoms with E-state index in [0.29, 0.717) is 208 Å². The number of nitrogen functional groups attached to an aromatic ring is 1. The molecule has 1 saturated carbocycles. The Morgan fingerprint density at radius 1 is 0.718 bits per heavy atom. The zero-order chi connectivity index (χ0) is 84.5. The van der Waals surface area contributed by atoms with Crippen LogP contribution in [0.15, 0.2) is 60.1 Å². The fourth-order valence-electron chi connectivity index (χ4n) is 14.9. The summed E-state index contributed by atoms with van der Waals surface area (Å²) in [6.45, 7) is 19.4. The van der Waals surface area contributed by atoms with E-state index >= 15 is 0 Å². The molecule has 33 nitrogen and oxygen atoms in total. The molecule has 1 aliphatic carbocycles. The third-order valence-corrected chi connectivity index (χ3v) is 22.6. The van der Waals surface area contributed by atoms with Gasteiger partial charge in [0.2, 0.25) is 11.7 Å². The number of hydrogen-bond donors (Lipinski definition) is 6. The number of Topliss-reactive ketones (excluding diaryl/α,β-unsaturated/α-hetero) is 3. The SMILES string of the molecule is CO[C@H]1C[C@@H]2CC[C@@H](C)[C@@](O)(O2)C(=O)C(=O)N2CCCC[C@H]2C(=O)O[C@H]([C@H](N)C[C@@H]2CC[C@@H](OCCCCc3cn(CCOCCOCCOCCOCCOCCOCCOCCOCCC(=O)NCCCCn4nc(I)c5c(N)ncnc54)nn3)[C@H](OC)C2)CC(=O)[C@H](C)/C=C(\C)[C@@H](O)[C@@H](O)C(=O)[C@H](C)C[C@H](C)/C=C/C=CC=C1C. The number of aliphatic hydroxyl groups excluding tert-OH is 2. The Morgan fingerprint density at radius 2 is 1.38 bits per heavy atom. The normalized spacial score (nSPS) is 27.0. The van der Waals surface area contributed by atoms with Crippen molar-refractivity contribution in [3.05, 3.63) is 69.5 Å². The number of ketones is 3. The number of aryl methyl sites for hydroxylation is 2. The van der Waals surface area contributed by atoms with Crippen molar-refractivity contribution >= 4 is 74.6 Å². The van der Waals surface area contributed by atoms with E-state index in [1.165, 1.54) is 19.3 Å². The minimum atomic E-state index is -2.49. The first-order chi connectivity index (χ1) is 56.4. The highest BCUT2D eigenvalue weighted by Crippen LogP contribution is 2.38. The third kappa shape index (κ3) is 33.4. The fraction of sp³-hybridized carbons (Fsp3) is 0.747. The molecule has 3 aliphatic heterocycles. The van der Waals surface area contributed by atoms with E-state index in [1.807, 2.05) is 55.1 Å². The van der Waals surface area contributed by atoms with Gasteiger partial charge < -0.3 is 98.6 Å². The van der Waals surface area contributed by atoms with Crippen molar-refractivity contribution in [2.24, 2.45) is 35.3 Å². The number of nitrogens with zero attached hydrogens (tertiary/aromatic N) is 8. The number of cyclic esters (lactones) is 1. The molecule has 0 radical (unpaired) electrons. The number of allylic oxidation sites excluding steroid dienone is 6. The van der Waals surface area contributed by atoms with Gasteiger partial charge in [-0.1, -0.05) is 69.4 Å². The molecular weight excluding hydrogens is 1630 g/mol. The Morgan fingerprint density at radius 3 is 2.03 bits per heavy atom. The number of anilines is 1. The van der Waals surface area contributed by atoms with Crippen LogP contribution in [0.5, 0.6) is 0 Å². The van der Waals surface area contributed by atoms with Crippen molar-refractivity contribution in [2.45, 2.75) is 231 Å². The van der Waals surface area contributed by atoms with Crippen molar-refractivity contribution in [1.29, 1.82) is 0 Å². The number of unbranched alkanes of at least 4 members (excludes halogenated alkanes) is 2. The number of ether oxygens (including phenoxy) is 13. The van der Waals surface area contributed by atoms with Crippen molar-refractivity contribution in [2.75, 3.05) is 145 Å². The smallest absolute Gasteiger partial charge is 0.329 e. The highest BCUT2D eigenvalue weighted by molar-refractivity contribution is 14.1. The molecule has 7 rings (SSSR count). The van der Waals surface area contributed by atoms with Gasteiger partial charge in [-0.15, -0.1) is 5.10 Å². The lowest BCUT2D eigenvalue weighted by atomic mass is 9.80. The number of fused-ring (bicyclic) bond motifs is 4. The fourth-order valence-corrected chi connectivity index (χ4v) is 15.6. The molecule has 2 amide bonds. The number of methoxy groups -OCH3 is 2. The number of esters is 1. The Bertz CT molecular complexity index is 3600. The maximum atomic E-state index is 14.7. The second-order valence-electron chi connectivity index (χ2n) is 31.0. The van der Waals surface area contributed by atoms with E-state index in [2.05, 4.69) is 53.3 Å². The summed E-state index contributed by atoms with van der Waals surface area (Å²) in [6.07, 6.45) is 16.9. The number of nitrogens with two attached hydrogens (primary N) is 2. The molecule has 0 unspecified atom stereocenters. The largest absolute Gasteiger partial charge is 0.459 e. The summed E-state index contributed by atoms with van der Waals surface area (Å²) >= 11 is 2.13. The predicted octanol–water partition coefficient (Wildman–Crippen LogP) is 6.30. The summed E-state index contributed by atoms with van der Waals surface area (Å²) < 4.78 is 79.9. The van der Waals surface area contributed by atoms with Crippen LogP contribution < -0.4 is 16.8 Å². The van der Waals surface area contributed by atoms with Crippen LogP contribution in [0.4, 0.5) is 5.82 Å². The highest BCUT2D eigenvalue weighted by Gasteiger charge is 2.53. The number of carbonyl (C=O) groups excluding carboxylic acids is 6. The predicted molar refractivity (Wildman–Crippen MR) is 442 cm³/mol. The van der Waals surface area contributed by atoms with Crippen LogP contribution in [0.25, 0.3) is 11.0 Å². The monoisotopic (exact) mass is 1760 g/mol. The zero-order valence-corrected chi connectivity index (χ0v) is 72.1. The van der Waals surface area contributed by atoms with E-state index in [9.17, 15) is 44.1 Å². The molecule has 15 atom stereocenters. The average Bonchev–Trinajstić information content (AvgIpc) is 1.44. The first-order valence-corrected chi connectivity index (χ1v) is 42.9. The van der Waals surface area contributed by atoms with Gasteiger partial charge >= 0.3 is 5.97 Å². The number of nitrogens with one attached hydrogen (secondary N) is 1. The van der Waals surface area contributed by atoms with Crippen LogP contribution in [0, 0.1) is 33.3 Å². The summed E-state index contributed by atoms with van der Waals surface area (Å²) in [4.78, 5) is 93.2. The van der Waals surface area contributed by atoms with E-state index in [4.69, 9.17) is 73.0 Å². The minimum Gasteiger partial charge on any atom is -0.459 e. The molecule has 8 N–H and O–H groups in total. The Labute approximate surface area is 702 Å². The lowest BCUT2D eigenvalue weighted by Crippen LogP contribution is -2.61. The van der Waals surface area contributed by atoms with Gasteiger partial charge in [0.05, 0.1) is 148 Å². The second kappa shape index (κ2) is 53.7. The van der Waals surface area contributed by atoms with Crippen LogP contribution in [-0.2, 0) is 110 Å². The molecule has 0 aromatic carbocycles. The topological polar surface area (TPSA) is 425 Å². The first-order valence-electron chi connectivity index (χ1n) is 41.8. The lowest BCUT2D eigenvalue weighted by Gasteiger charge is -2.42. The van der Waals surface area contributed by atoms with Crippen molar-refractivity contribution in [1.82, 2.24) is 45.0 Å². The molecule has 658 valence electrons. The van der Waals surface area contributed by atoms with Crippen LogP contribution in [-0.4, -0.2) is 290 Å². The summed E-state index contributed by atoms with van der Waals surface area (Å²) in [6, 6.07) is -2.12. The molecule has 3 aromatic heterocycles. The number of rotatable bonds is 43. The molecular formula is C83H132IN11O22. The maximum Gasteiger partial charge on any atom is 0.329 e. The standard InChI is InChI=1S/C83H132IN11O22/c1-56-18-10-9-11-19-57(2)69(105-7)52-64-24-22-61(6)83(104,117-64)77(101)81(102)94-28-15-12-21-66(94)82(103)116-70(53-67(96)58(3)49-60(5)75(99)76(100)74(98)59(4)48-56)65(85)50-62-23-25-68(71(51-62)106-8)115-31-17-13-20-63-54-93(92-90-63)30-33-108-35-37-110-39-41-112-43-45-114-47-46-113-44-42-111-40-38-109-36-34-107-32-26-72(97)87-27-14-16-29-95-80-73(78(84)91-95)79(86)88-55-89-80/h9-11,18-19,49,54-56,58-59,61-62,64-66,68-71,75-76,99-100,104H,12-17,20-48,50-53,85H2,1-8H3,(H,87,97)(H2,86,88,89)/b11-9?,18-10+,57-19?,60-49+/t56-,58-,59-,61-,62+,64+,65-,66+,68-,69+,70+,71-,75-,76+,83-/m1/s1. The van der Waals surface area contributed by atoms with E-state index < -0.39 is 95.4 Å². The molecule has 3 aromatic rings. The van der Waals surface area contributed by atoms with Gasteiger partial charge in [-0.05, 0) is 156 Å². The number of piperidine rings is 1. The van der Waals surface area contributed by atoms with Crippen LogP contribution in [0.2, 0.25) is 0 Å². The van der Waals surface area contributed by atoms with E-state index in [1.54, 1.807) is 39.7 Å². The number of carbonyl (C=O) groups is 6. The third-order valence-electron chi connectivity index (χ3n) is 21.9. The summed E-state index contributed by atoms with van der Waals surface area (Å²) in [5, 5.41) is 51.4. The van der Waals surface area contributed by atoms with Gasteiger partial charge in [0.15, 0.2) is 11.4 Å². The van der Waals surface area contributed by atoms with E-state index in [0.717, 1.165) is 50.9 Å². The van der Waals surface area contributed by atoms with Gasteiger partial charge in [0.25, 0.3) is 11.7 Å². The molecule has 4 aliphatic rings. The Hall–Kier alpha value is -6.04. The summed E-state index contributed by atoms with van der Waals surface area (Å²) in [5.74, 6) is -8.52. The van der Waals surface area contributed by atoms with Gasteiger partial charge in [-0.3, -0.25) is 24.0 Å². The summed E-state index contributed by atoms with van der Waals surface area (Å²) in [5.41, 5.74) is 15.7. The molecule has 34 heteroatoms. The average molecular weight is 1760 g/mol. The van der Waals surface area contributed by atoms with Crippen molar-refractivity contribution in [3.8, 4) is 0 Å². The Kier molecular flexibility index (Phi) is 45.0. The molecule has 117 heavy (non-hydrogen) atoms. The number of halogens is 1. The molecule has 2 bridgehead atoms. The van der Waals surface area contributed by atoms with Crippen LogP contribution in [0.1, 0.15) is 156 Å². The lowest BCUT2D eigenvalue weighted by molar-refractivity contribution is -0.265. The zero-order valence-electron chi connectivity index (χ0n) is 70.0. The van der Waals surface area contributed by atoms with Gasteiger partial charge in [0, 0.05) is 89.7 Å². The molecule has 2 saturated heterocycles. The maximum absolute atomic E-state index is 14.7. The highest BCUT2D eigenvalue weighted by atomic mass is 127. The van der Waals surface area contributed by atoms with Crippen molar-refractivity contribution < 1.29 is 106 Å². The molecule has 3 fully saturated rings. The number of aromatic nitrogens is 7. The van der Waals surface area contributed by atoms with Crippen LogP contribution in [0.3, 0.4) is 0 Å². The first kappa shape index (κ1) is 98.1. The molecule has 6 heterocycles. The second-order valence-corrected chi connectivity index (χ2v) is 32.0. The number of aliphatic hydroxyl groups is 3. The minimum absolute atomic E-state index is 0.0246. The van der Waals surface area contributed by atoms with Crippen molar-refractivity contribution in [3.63, 3.8) is 0 Å². The van der Waals surface area contributed by atoms with Gasteiger partial charge in [-0.2, -0.15) is 5.10 Å². The Balaban J connectivity index is 0.728. The number of hydrogen-bond acceptors (Lipinski definition) is 29. The van der Waals surface area contributed by atoms with Gasteiger partial charge in [0.1, 0.15) is 46.0 Å².